The van der Waals surface area contributed by atoms with Crippen LogP contribution in [0.3, 0.4) is 0 Å². The summed E-state index contributed by atoms with van der Waals surface area (Å²) in [6.07, 6.45) is 1.76. The van der Waals surface area contributed by atoms with E-state index in [4.69, 9.17) is 0 Å². The van der Waals surface area contributed by atoms with E-state index in [1.807, 2.05) is 30.3 Å². The molecular weight excluding hydrogens is 236 g/mol. The molecule has 1 atom stereocenters. The molecule has 4 nitrogen and oxygen atoms in total. The summed E-state index contributed by atoms with van der Waals surface area (Å²) in [6, 6.07) is 12.0. The van der Waals surface area contributed by atoms with Gasteiger partial charge in [0.25, 0.3) is 0 Å². The third-order valence-electron chi connectivity index (χ3n) is 3.24. The Morgan fingerprint density at radius 3 is 2.53 bits per heavy atom. The number of aromatic nitrogens is 2. The summed E-state index contributed by atoms with van der Waals surface area (Å²) >= 11 is 0. The van der Waals surface area contributed by atoms with E-state index >= 15 is 0 Å². The molecule has 0 spiro atoms. The molecular formula is C15H18N4. The van der Waals surface area contributed by atoms with Crippen molar-refractivity contribution in [2.45, 2.75) is 19.9 Å². The first-order valence-electron chi connectivity index (χ1n) is 6.54. The highest BCUT2D eigenvalue weighted by molar-refractivity contribution is 5.54. The Morgan fingerprint density at radius 1 is 1.26 bits per heavy atom. The molecule has 0 saturated carbocycles. The highest BCUT2D eigenvalue weighted by atomic mass is 15.2. The molecule has 0 aliphatic rings. The molecule has 1 N–H and O–H groups in total. The molecule has 2 aromatic rings. The lowest BCUT2D eigenvalue weighted by Crippen LogP contribution is -2.27. The van der Waals surface area contributed by atoms with Crippen LogP contribution in [-0.4, -0.2) is 28.0 Å². The standard InChI is InChI=1S/C15H18N4/c1-3-19(4-2)14(10-16)13-11-17-15(18-13)12-8-6-5-7-9-12/h5-9,11,14H,3-4H2,1-2H3,(H,17,18). The molecule has 0 aliphatic heterocycles. The first-order valence-corrected chi connectivity index (χ1v) is 6.54. The number of imidazole rings is 1. The van der Waals surface area contributed by atoms with Gasteiger partial charge in [0, 0.05) is 5.56 Å². The van der Waals surface area contributed by atoms with Gasteiger partial charge < -0.3 is 4.98 Å². The van der Waals surface area contributed by atoms with Crippen LogP contribution in [0.25, 0.3) is 11.4 Å². The van der Waals surface area contributed by atoms with Gasteiger partial charge in [0.15, 0.2) is 0 Å². The van der Waals surface area contributed by atoms with Gasteiger partial charge in [-0.15, -0.1) is 0 Å². The van der Waals surface area contributed by atoms with Gasteiger partial charge in [-0.3, -0.25) is 4.90 Å². The van der Waals surface area contributed by atoms with E-state index in [1.165, 1.54) is 0 Å². The van der Waals surface area contributed by atoms with Crippen molar-refractivity contribution in [3.05, 3.63) is 42.2 Å². The van der Waals surface area contributed by atoms with Crippen molar-refractivity contribution in [3.63, 3.8) is 0 Å². The van der Waals surface area contributed by atoms with Gasteiger partial charge in [-0.05, 0) is 13.1 Å². The summed E-state index contributed by atoms with van der Waals surface area (Å²) < 4.78 is 0. The molecule has 0 amide bonds. The summed E-state index contributed by atoms with van der Waals surface area (Å²) in [5.74, 6) is 0.808. The van der Waals surface area contributed by atoms with Crippen molar-refractivity contribution >= 4 is 0 Å². The molecule has 19 heavy (non-hydrogen) atoms. The SMILES string of the molecule is CCN(CC)C(C#N)c1cnc(-c2ccccc2)[nH]1. The average molecular weight is 254 g/mol. The number of nitrogens with zero attached hydrogens (tertiary/aromatic N) is 3. The lowest BCUT2D eigenvalue weighted by Gasteiger charge is -2.22. The average Bonchev–Trinajstić information content (AvgIpc) is 2.95. The number of aromatic amines is 1. The second kappa shape index (κ2) is 6.17. The van der Waals surface area contributed by atoms with Crippen molar-refractivity contribution in [3.8, 4) is 17.5 Å². The third-order valence-corrected chi connectivity index (χ3v) is 3.24. The van der Waals surface area contributed by atoms with Crippen LogP contribution in [-0.2, 0) is 0 Å². The lowest BCUT2D eigenvalue weighted by atomic mass is 10.2. The molecule has 0 fully saturated rings. The maximum atomic E-state index is 9.35. The second-order valence-corrected chi connectivity index (χ2v) is 4.31. The van der Waals surface area contributed by atoms with Crippen molar-refractivity contribution in [2.75, 3.05) is 13.1 Å². The Kier molecular flexibility index (Phi) is 4.32. The number of nitriles is 1. The van der Waals surface area contributed by atoms with Crippen molar-refractivity contribution < 1.29 is 0 Å². The molecule has 1 aromatic heterocycles. The van der Waals surface area contributed by atoms with Crippen LogP contribution in [0, 0.1) is 11.3 Å². The number of benzene rings is 1. The summed E-state index contributed by atoms with van der Waals surface area (Å²) in [5, 5.41) is 9.35. The summed E-state index contributed by atoms with van der Waals surface area (Å²) in [6.45, 7) is 5.80. The Balaban J connectivity index is 2.28. The first kappa shape index (κ1) is 13.3. The summed E-state index contributed by atoms with van der Waals surface area (Å²) in [4.78, 5) is 9.73. The van der Waals surface area contributed by atoms with Crippen LogP contribution in [0.1, 0.15) is 25.6 Å². The monoisotopic (exact) mass is 254 g/mol. The van der Waals surface area contributed by atoms with E-state index in [1.54, 1.807) is 6.20 Å². The Hall–Kier alpha value is -2.12. The van der Waals surface area contributed by atoms with Gasteiger partial charge in [-0.1, -0.05) is 44.2 Å². The van der Waals surface area contributed by atoms with Crippen molar-refractivity contribution in [1.29, 1.82) is 5.26 Å². The molecule has 2 rings (SSSR count). The van der Waals surface area contributed by atoms with Crippen LogP contribution in [0.5, 0.6) is 0 Å². The fraction of sp³-hybridized carbons (Fsp3) is 0.333. The zero-order valence-electron chi connectivity index (χ0n) is 11.3. The lowest BCUT2D eigenvalue weighted by molar-refractivity contribution is 0.259. The van der Waals surface area contributed by atoms with Crippen LogP contribution >= 0.6 is 0 Å². The normalized spacial score (nSPS) is 12.3. The van der Waals surface area contributed by atoms with Crippen molar-refractivity contribution in [1.82, 2.24) is 14.9 Å². The minimum absolute atomic E-state index is 0.264. The van der Waals surface area contributed by atoms with Gasteiger partial charge in [0.1, 0.15) is 11.9 Å². The maximum absolute atomic E-state index is 9.35. The zero-order chi connectivity index (χ0) is 13.7. The number of H-pyrrole nitrogens is 1. The predicted octanol–water partition coefficient (Wildman–Crippen LogP) is 2.98. The molecule has 4 heteroatoms. The number of rotatable bonds is 5. The minimum atomic E-state index is -0.264. The van der Waals surface area contributed by atoms with Gasteiger partial charge in [0.2, 0.25) is 0 Å². The number of nitrogens with one attached hydrogen (secondary N) is 1. The third kappa shape index (κ3) is 2.83. The van der Waals surface area contributed by atoms with E-state index in [-0.39, 0.29) is 6.04 Å². The Labute approximate surface area is 113 Å². The largest absolute Gasteiger partial charge is 0.340 e. The van der Waals surface area contributed by atoms with E-state index < -0.39 is 0 Å². The zero-order valence-corrected chi connectivity index (χ0v) is 11.3. The quantitative estimate of drug-likeness (QED) is 0.892. The predicted molar refractivity (Wildman–Crippen MR) is 75.3 cm³/mol. The fourth-order valence-corrected chi connectivity index (χ4v) is 2.15. The number of hydrogen-bond acceptors (Lipinski definition) is 3. The van der Waals surface area contributed by atoms with Gasteiger partial charge in [0.05, 0.1) is 18.0 Å². The van der Waals surface area contributed by atoms with E-state index in [2.05, 4.69) is 34.8 Å². The molecule has 1 heterocycles. The second-order valence-electron chi connectivity index (χ2n) is 4.31. The molecule has 0 aliphatic carbocycles. The van der Waals surface area contributed by atoms with E-state index in [0.29, 0.717) is 0 Å². The van der Waals surface area contributed by atoms with Crippen molar-refractivity contribution in [2.24, 2.45) is 0 Å². The topological polar surface area (TPSA) is 55.7 Å². The Bertz CT molecular complexity index is 549. The molecule has 98 valence electrons. The van der Waals surface area contributed by atoms with Gasteiger partial charge >= 0.3 is 0 Å². The highest BCUT2D eigenvalue weighted by Gasteiger charge is 2.19. The molecule has 0 bridgehead atoms. The first-order chi connectivity index (χ1) is 9.30. The molecule has 1 unspecified atom stereocenters. The fourth-order valence-electron chi connectivity index (χ4n) is 2.15. The van der Waals surface area contributed by atoms with Crippen LogP contribution in [0.15, 0.2) is 36.5 Å². The van der Waals surface area contributed by atoms with Crippen LogP contribution < -0.4 is 0 Å². The molecule has 0 saturated heterocycles. The van der Waals surface area contributed by atoms with E-state index in [0.717, 1.165) is 30.2 Å². The van der Waals surface area contributed by atoms with E-state index in [9.17, 15) is 5.26 Å². The maximum Gasteiger partial charge on any atom is 0.140 e. The number of hydrogen-bond donors (Lipinski definition) is 1. The van der Waals surface area contributed by atoms with Crippen LogP contribution in [0.4, 0.5) is 0 Å². The van der Waals surface area contributed by atoms with Gasteiger partial charge in [-0.2, -0.15) is 5.26 Å². The molecule has 1 aromatic carbocycles. The smallest absolute Gasteiger partial charge is 0.140 e. The highest BCUT2D eigenvalue weighted by Crippen LogP contribution is 2.21. The summed E-state index contributed by atoms with van der Waals surface area (Å²) in [5.41, 5.74) is 1.88. The van der Waals surface area contributed by atoms with Gasteiger partial charge in [-0.25, -0.2) is 4.98 Å². The van der Waals surface area contributed by atoms with Crippen LogP contribution in [0.2, 0.25) is 0 Å². The minimum Gasteiger partial charge on any atom is -0.340 e. The Morgan fingerprint density at radius 2 is 1.95 bits per heavy atom. The molecule has 0 radical (unpaired) electrons. The summed E-state index contributed by atoms with van der Waals surface area (Å²) in [7, 11) is 0.